The minimum Gasteiger partial charge on any atom is -0.379 e. The summed E-state index contributed by atoms with van der Waals surface area (Å²) in [4.78, 5) is 8.92. The fourth-order valence-corrected chi connectivity index (χ4v) is 2.78. The summed E-state index contributed by atoms with van der Waals surface area (Å²) >= 11 is 0. The van der Waals surface area contributed by atoms with Crippen LogP contribution in [0.3, 0.4) is 0 Å². The molecule has 0 radical (unpaired) electrons. The lowest BCUT2D eigenvalue weighted by Gasteiger charge is -2.39. The van der Waals surface area contributed by atoms with Gasteiger partial charge in [-0.3, -0.25) is 4.90 Å². The van der Waals surface area contributed by atoms with Crippen molar-refractivity contribution in [2.45, 2.75) is 18.9 Å². The standard InChI is InChI=1S/C11H20N6O/c12-10-13-11(15-14-10)17-3-1-9(2-4-17)16-5-7-18-8-6-16/h9H,1-8H2,(H3,12,13,14,15). The van der Waals surface area contributed by atoms with Crippen molar-refractivity contribution in [2.75, 3.05) is 50.0 Å². The highest BCUT2D eigenvalue weighted by Gasteiger charge is 2.26. The van der Waals surface area contributed by atoms with E-state index in [1.54, 1.807) is 0 Å². The van der Waals surface area contributed by atoms with E-state index in [-0.39, 0.29) is 0 Å². The van der Waals surface area contributed by atoms with Gasteiger partial charge in [-0.05, 0) is 12.8 Å². The van der Waals surface area contributed by atoms with E-state index < -0.39 is 0 Å². The first-order valence-corrected chi connectivity index (χ1v) is 6.57. The molecule has 3 heterocycles. The van der Waals surface area contributed by atoms with Crippen LogP contribution in [-0.2, 0) is 4.74 Å². The molecule has 0 unspecified atom stereocenters. The van der Waals surface area contributed by atoms with Crippen LogP contribution < -0.4 is 10.6 Å². The van der Waals surface area contributed by atoms with Crippen LogP contribution >= 0.6 is 0 Å². The first-order chi connectivity index (χ1) is 8.83. The third-order valence-corrected chi connectivity index (χ3v) is 3.80. The summed E-state index contributed by atoms with van der Waals surface area (Å²) in [5.41, 5.74) is 5.55. The quantitative estimate of drug-likeness (QED) is 0.751. The van der Waals surface area contributed by atoms with Crippen molar-refractivity contribution in [3.05, 3.63) is 0 Å². The van der Waals surface area contributed by atoms with Crippen molar-refractivity contribution < 1.29 is 4.74 Å². The lowest BCUT2D eigenvalue weighted by Crippen LogP contribution is -2.49. The zero-order valence-electron chi connectivity index (χ0n) is 10.5. The Morgan fingerprint density at radius 2 is 1.89 bits per heavy atom. The van der Waals surface area contributed by atoms with Crippen LogP contribution in [0.4, 0.5) is 11.9 Å². The number of nitrogens with one attached hydrogen (secondary N) is 1. The third kappa shape index (κ3) is 2.41. The fraction of sp³-hybridized carbons (Fsp3) is 0.818. The second kappa shape index (κ2) is 5.11. The Morgan fingerprint density at radius 1 is 1.17 bits per heavy atom. The molecule has 0 aromatic carbocycles. The zero-order valence-corrected chi connectivity index (χ0v) is 10.5. The highest BCUT2D eigenvalue weighted by Crippen LogP contribution is 2.20. The molecule has 2 fully saturated rings. The molecular formula is C11H20N6O. The SMILES string of the molecule is Nc1nc(N2CCC(N3CCOCC3)CC2)n[nH]1. The van der Waals surface area contributed by atoms with Crippen molar-refractivity contribution in [1.29, 1.82) is 0 Å². The average molecular weight is 252 g/mol. The number of hydrogen-bond donors (Lipinski definition) is 2. The maximum atomic E-state index is 5.55. The number of H-pyrrole nitrogens is 1. The molecule has 0 saturated carbocycles. The number of nitrogen functional groups attached to an aromatic ring is 1. The van der Waals surface area contributed by atoms with Gasteiger partial charge in [0.15, 0.2) is 0 Å². The zero-order chi connectivity index (χ0) is 12.4. The minimum absolute atomic E-state index is 0.389. The third-order valence-electron chi connectivity index (χ3n) is 3.80. The van der Waals surface area contributed by atoms with Crippen LogP contribution in [0.15, 0.2) is 0 Å². The number of rotatable bonds is 2. The van der Waals surface area contributed by atoms with Crippen molar-refractivity contribution in [3.8, 4) is 0 Å². The number of morpholine rings is 1. The van der Waals surface area contributed by atoms with Crippen LogP contribution in [-0.4, -0.2) is 65.5 Å². The Balaban J connectivity index is 1.54. The second-order valence-corrected chi connectivity index (χ2v) is 4.89. The van der Waals surface area contributed by atoms with Crippen molar-refractivity contribution in [2.24, 2.45) is 0 Å². The normalized spacial score (nSPS) is 23.4. The molecule has 2 saturated heterocycles. The summed E-state index contributed by atoms with van der Waals surface area (Å²) in [7, 11) is 0. The van der Waals surface area contributed by atoms with Gasteiger partial charge in [0, 0.05) is 32.2 Å². The van der Waals surface area contributed by atoms with Gasteiger partial charge >= 0.3 is 0 Å². The van der Waals surface area contributed by atoms with Gasteiger partial charge in [-0.25, -0.2) is 5.10 Å². The molecule has 18 heavy (non-hydrogen) atoms. The van der Waals surface area contributed by atoms with E-state index in [4.69, 9.17) is 10.5 Å². The van der Waals surface area contributed by atoms with Crippen LogP contribution in [0.1, 0.15) is 12.8 Å². The molecule has 2 aliphatic heterocycles. The lowest BCUT2D eigenvalue weighted by molar-refractivity contribution is 0.0114. The van der Waals surface area contributed by atoms with Crippen LogP contribution in [0.5, 0.6) is 0 Å². The van der Waals surface area contributed by atoms with Crippen molar-refractivity contribution >= 4 is 11.9 Å². The molecule has 100 valence electrons. The van der Waals surface area contributed by atoms with Gasteiger partial charge in [-0.1, -0.05) is 0 Å². The molecule has 3 rings (SSSR count). The maximum absolute atomic E-state index is 5.55. The van der Waals surface area contributed by atoms with Crippen molar-refractivity contribution in [1.82, 2.24) is 20.1 Å². The minimum atomic E-state index is 0.389. The lowest BCUT2D eigenvalue weighted by atomic mass is 10.0. The van der Waals surface area contributed by atoms with Gasteiger partial charge < -0.3 is 15.4 Å². The topological polar surface area (TPSA) is 83.3 Å². The summed E-state index contributed by atoms with van der Waals surface area (Å²) in [6, 6.07) is 0.682. The van der Waals surface area contributed by atoms with E-state index in [9.17, 15) is 0 Å². The van der Waals surface area contributed by atoms with Crippen LogP contribution in [0, 0.1) is 0 Å². The number of nitrogens with zero attached hydrogens (tertiary/aromatic N) is 4. The number of piperidine rings is 1. The highest BCUT2D eigenvalue weighted by molar-refractivity contribution is 5.34. The van der Waals surface area contributed by atoms with Crippen molar-refractivity contribution in [3.63, 3.8) is 0 Å². The Labute approximate surface area is 106 Å². The Bertz CT molecular complexity index is 381. The van der Waals surface area contributed by atoms with E-state index in [1.807, 2.05) is 0 Å². The summed E-state index contributed by atoms with van der Waals surface area (Å²) in [5.74, 6) is 1.12. The Hall–Kier alpha value is -1.34. The molecule has 7 nitrogen and oxygen atoms in total. The van der Waals surface area contributed by atoms with Gasteiger partial charge in [0.05, 0.1) is 13.2 Å². The summed E-state index contributed by atoms with van der Waals surface area (Å²) in [5, 5.41) is 6.80. The largest absolute Gasteiger partial charge is 0.379 e. The van der Waals surface area contributed by atoms with E-state index in [2.05, 4.69) is 25.0 Å². The van der Waals surface area contributed by atoms with Gasteiger partial charge in [0.2, 0.25) is 11.9 Å². The average Bonchev–Trinajstić information content (AvgIpc) is 2.87. The molecule has 1 aromatic rings. The molecular weight excluding hydrogens is 232 g/mol. The Kier molecular flexibility index (Phi) is 3.33. The molecule has 3 N–H and O–H groups in total. The van der Waals surface area contributed by atoms with E-state index in [0.717, 1.165) is 58.2 Å². The number of nitrogens with two attached hydrogens (primary N) is 1. The molecule has 0 amide bonds. The predicted molar refractivity (Wildman–Crippen MR) is 68.4 cm³/mol. The molecule has 0 bridgehead atoms. The molecule has 0 aliphatic carbocycles. The predicted octanol–water partition coefficient (Wildman–Crippen LogP) is -0.312. The molecule has 0 atom stereocenters. The number of hydrogen-bond acceptors (Lipinski definition) is 6. The molecule has 0 spiro atoms. The number of aromatic nitrogens is 3. The van der Waals surface area contributed by atoms with Gasteiger partial charge in [-0.2, -0.15) is 4.98 Å². The summed E-state index contributed by atoms with van der Waals surface area (Å²) < 4.78 is 5.39. The van der Waals surface area contributed by atoms with Gasteiger partial charge in [0.25, 0.3) is 0 Å². The number of anilines is 2. The molecule has 7 heteroatoms. The first-order valence-electron chi connectivity index (χ1n) is 6.57. The number of ether oxygens (including phenoxy) is 1. The van der Waals surface area contributed by atoms with Crippen LogP contribution in [0.2, 0.25) is 0 Å². The van der Waals surface area contributed by atoms with E-state index >= 15 is 0 Å². The number of aromatic amines is 1. The van der Waals surface area contributed by atoms with E-state index in [1.165, 1.54) is 0 Å². The van der Waals surface area contributed by atoms with E-state index in [0.29, 0.717) is 12.0 Å². The fourth-order valence-electron chi connectivity index (χ4n) is 2.78. The Morgan fingerprint density at radius 3 is 2.50 bits per heavy atom. The molecule has 1 aromatic heterocycles. The highest BCUT2D eigenvalue weighted by atomic mass is 16.5. The summed E-state index contributed by atoms with van der Waals surface area (Å²) in [6.07, 6.45) is 2.32. The second-order valence-electron chi connectivity index (χ2n) is 4.89. The smallest absolute Gasteiger partial charge is 0.246 e. The van der Waals surface area contributed by atoms with Gasteiger partial charge in [-0.15, -0.1) is 5.10 Å². The summed E-state index contributed by atoms with van der Waals surface area (Å²) in [6.45, 7) is 5.88. The maximum Gasteiger partial charge on any atom is 0.246 e. The molecule has 2 aliphatic rings. The van der Waals surface area contributed by atoms with Gasteiger partial charge in [0.1, 0.15) is 0 Å². The monoisotopic (exact) mass is 252 g/mol. The first kappa shape index (κ1) is 11.7. The van der Waals surface area contributed by atoms with Crippen LogP contribution in [0.25, 0.3) is 0 Å².